The van der Waals surface area contributed by atoms with E-state index in [1.165, 1.54) is 12.1 Å². The van der Waals surface area contributed by atoms with Crippen molar-refractivity contribution in [3.63, 3.8) is 0 Å². The summed E-state index contributed by atoms with van der Waals surface area (Å²) in [6, 6.07) is 5.77. The highest BCUT2D eigenvalue weighted by atomic mass is 19.1. The summed E-state index contributed by atoms with van der Waals surface area (Å²) in [4.78, 5) is 0. The van der Waals surface area contributed by atoms with Crippen LogP contribution >= 0.6 is 0 Å². The Hall–Kier alpha value is -1.31. The summed E-state index contributed by atoms with van der Waals surface area (Å²) in [5.41, 5.74) is 1.87. The number of nitrogens with one attached hydrogen (secondary N) is 1. The minimum atomic E-state index is -0.204. The quantitative estimate of drug-likeness (QED) is 0.618. The molecule has 1 N–H and O–H groups in total. The monoisotopic (exact) mass is 162 g/mol. The average Bonchev–Trinajstić information content (AvgIpc) is 2.03. The van der Waals surface area contributed by atoms with E-state index in [0.717, 1.165) is 17.3 Å². The van der Waals surface area contributed by atoms with E-state index < -0.39 is 0 Å². The smallest absolute Gasteiger partial charge is 0.125 e. The lowest BCUT2D eigenvalue weighted by Gasteiger charge is -2.17. The van der Waals surface area contributed by atoms with Gasteiger partial charge in [0, 0.05) is 5.69 Å². The van der Waals surface area contributed by atoms with Gasteiger partial charge in [0.25, 0.3) is 0 Å². The second kappa shape index (κ2) is 2.63. The SMILES string of the molecule is C[C]1C=Cc2ccc(F)cc2N1. The van der Waals surface area contributed by atoms with Gasteiger partial charge in [-0.2, -0.15) is 0 Å². The Morgan fingerprint density at radius 2 is 2.08 bits per heavy atom. The van der Waals surface area contributed by atoms with E-state index >= 15 is 0 Å². The lowest BCUT2D eigenvalue weighted by atomic mass is 10.1. The van der Waals surface area contributed by atoms with Gasteiger partial charge in [-0.05, 0) is 24.6 Å². The Bertz CT molecular complexity index is 331. The maximum absolute atomic E-state index is 12.7. The van der Waals surface area contributed by atoms with Crippen molar-refractivity contribution < 1.29 is 4.39 Å². The summed E-state index contributed by atoms with van der Waals surface area (Å²) in [5, 5.41) is 3.09. The number of fused-ring (bicyclic) bond motifs is 1. The molecule has 0 spiro atoms. The van der Waals surface area contributed by atoms with Gasteiger partial charge >= 0.3 is 0 Å². The molecule has 1 aromatic carbocycles. The Labute approximate surface area is 70.9 Å². The molecule has 0 saturated heterocycles. The van der Waals surface area contributed by atoms with Crippen LogP contribution in [0.1, 0.15) is 12.5 Å². The summed E-state index contributed by atoms with van der Waals surface area (Å²) in [6.07, 6.45) is 3.95. The molecule has 2 rings (SSSR count). The number of hydrogen-bond donors (Lipinski definition) is 1. The number of anilines is 1. The molecule has 0 bridgehead atoms. The van der Waals surface area contributed by atoms with Gasteiger partial charge in [0.05, 0.1) is 6.04 Å². The van der Waals surface area contributed by atoms with Crippen LogP contribution < -0.4 is 5.32 Å². The van der Waals surface area contributed by atoms with Crippen molar-refractivity contribution in [2.75, 3.05) is 5.32 Å². The van der Waals surface area contributed by atoms with Crippen LogP contribution in [0.5, 0.6) is 0 Å². The summed E-state index contributed by atoms with van der Waals surface area (Å²) in [6.45, 7) is 1.95. The third-order valence-corrected chi connectivity index (χ3v) is 1.86. The van der Waals surface area contributed by atoms with E-state index in [1.807, 2.05) is 19.1 Å². The molecule has 0 saturated carbocycles. The zero-order valence-electron chi connectivity index (χ0n) is 6.76. The van der Waals surface area contributed by atoms with Crippen molar-refractivity contribution >= 4 is 11.8 Å². The average molecular weight is 162 g/mol. The van der Waals surface area contributed by atoms with Crippen LogP contribution in [0.25, 0.3) is 6.08 Å². The maximum Gasteiger partial charge on any atom is 0.125 e. The lowest BCUT2D eigenvalue weighted by Crippen LogP contribution is -2.07. The minimum absolute atomic E-state index is 0.204. The number of hydrogen-bond acceptors (Lipinski definition) is 1. The predicted molar refractivity (Wildman–Crippen MR) is 48.0 cm³/mol. The first kappa shape index (κ1) is 7.35. The van der Waals surface area contributed by atoms with Crippen LogP contribution in [0, 0.1) is 11.9 Å². The molecule has 0 unspecified atom stereocenters. The summed E-state index contributed by atoms with van der Waals surface area (Å²) in [5.74, 6) is -0.204. The van der Waals surface area contributed by atoms with Crippen LogP contribution in [-0.2, 0) is 0 Å². The summed E-state index contributed by atoms with van der Waals surface area (Å²) >= 11 is 0. The summed E-state index contributed by atoms with van der Waals surface area (Å²) in [7, 11) is 0. The molecular formula is C10H9FN. The number of benzene rings is 1. The van der Waals surface area contributed by atoms with E-state index in [9.17, 15) is 4.39 Å². The van der Waals surface area contributed by atoms with Crippen molar-refractivity contribution in [3.05, 3.63) is 41.7 Å². The fraction of sp³-hybridized carbons (Fsp3) is 0.100. The van der Waals surface area contributed by atoms with E-state index in [2.05, 4.69) is 5.32 Å². The van der Waals surface area contributed by atoms with Gasteiger partial charge in [0.2, 0.25) is 0 Å². The third kappa shape index (κ3) is 1.20. The van der Waals surface area contributed by atoms with Crippen molar-refractivity contribution in [2.24, 2.45) is 0 Å². The normalized spacial score (nSPS) is 15.5. The molecule has 61 valence electrons. The molecule has 12 heavy (non-hydrogen) atoms. The molecule has 1 aliphatic heterocycles. The van der Waals surface area contributed by atoms with Gasteiger partial charge in [-0.3, -0.25) is 0 Å². The van der Waals surface area contributed by atoms with Crippen LogP contribution in [0.2, 0.25) is 0 Å². The van der Waals surface area contributed by atoms with E-state index in [4.69, 9.17) is 0 Å². The fourth-order valence-corrected chi connectivity index (χ4v) is 1.25. The molecule has 1 heterocycles. The molecule has 0 aromatic heterocycles. The van der Waals surface area contributed by atoms with Crippen LogP contribution in [0.4, 0.5) is 10.1 Å². The third-order valence-electron chi connectivity index (χ3n) is 1.86. The zero-order chi connectivity index (χ0) is 8.55. The molecular weight excluding hydrogens is 153 g/mol. The van der Waals surface area contributed by atoms with Crippen LogP contribution in [-0.4, -0.2) is 0 Å². The molecule has 0 atom stereocenters. The number of rotatable bonds is 0. The highest BCUT2D eigenvalue weighted by molar-refractivity contribution is 5.73. The van der Waals surface area contributed by atoms with Gasteiger partial charge in [-0.1, -0.05) is 18.2 Å². The second-order valence-electron chi connectivity index (χ2n) is 2.87. The Balaban J connectivity index is 2.47. The zero-order valence-corrected chi connectivity index (χ0v) is 6.76. The fourth-order valence-electron chi connectivity index (χ4n) is 1.25. The first-order valence-corrected chi connectivity index (χ1v) is 3.84. The van der Waals surface area contributed by atoms with E-state index in [-0.39, 0.29) is 5.82 Å². The lowest BCUT2D eigenvalue weighted by molar-refractivity contribution is 0.628. The highest BCUT2D eigenvalue weighted by Crippen LogP contribution is 2.25. The highest BCUT2D eigenvalue weighted by Gasteiger charge is 2.08. The first-order chi connectivity index (χ1) is 5.75. The van der Waals surface area contributed by atoms with E-state index in [0.29, 0.717) is 0 Å². The van der Waals surface area contributed by atoms with Crippen LogP contribution in [0.15, 0.2) is 24.3 Å². The Morgan fingerprint density at radius 1 is 1.25 bits per heavy atom. The molecule has 2 heteroatoms. The van der Waals surface area contributed by atoms with Crippen LogP contribution in [0.3, 0.4) is 0 Å². The Kier molecular flexibility index (Phi) is 1.61. The van der Waals surface area contributed by atoms with Gasteiger partial charge in [-0.25, -0.2) is 4.39 Å². The van der Waals surface area contributed by atoms with Gasteiger partial charge in [-0.15, -0.1) is 0 Å². The van der Waals surface area contributed by atoms with Crippen molar-refractivity contribution in [3.8, 4) is 0 Å². The van der Waals surface area contributed by atoms with Crippen molar-refractivity contribution in [1.29, 1.82) is 0 Å². The largest absolute Gasteiger partial charge is 0.373 e. The Morgan fingerprint density at radius 3 is 2.92 bits per heavy atom. The molecule has 1 nitrogen and oxygen atoms in total. The molecule has 0 aliphatic carbocycles. The standard InChI is InChI=1S/C10H9FN/c1-7-2-3-8-4-5-9(11)6-10(8)12-7/h2-6,12H,1H3. The van der Waals surface area contributed by atoms with Crippen molar-refractivity contribution in [2.45, 2.75) is 6.92 Å². The van der Waals surface area contributed by atoms with Gasteiger partial charge in [0.15, 0.2) is 0 Å². The van der Waals surface area contributed by atoms with Gasteiger partial charge in [0.1, 0.15) is 5.82 Å². The molecule has 1 aliphatic rings. The van der Waals surface area contributed by atoms with Crippen molar-refractivity contribution in [1.82, 2.24) is 0 Å². The van der Waals surface area contributed by atoms with Gasteiger partial charge < -0.3 is 5.32 Å². The van der Waals surface area contributed by atoms with E-state index in [1.54, 1.807) is 6.07 Å². The summed E-state index contributed by atoms with van der Waals surface area (Å²) < 4.78 is 12.7. The predicted octanol–water partition coefficient (Wildman–Crippen LogP) is 2.82. The molecule has 1 radical (unpaired) electrons. The molecule has 0 fully saturated rings. The number of halogens is 1. The second-order valence-corrected chi connectivity index (χ2v) is 2.87. The molecule has 1 aromatic rings. The molecule has 0 amide bonds. The first-order valence-electron chi connectivity index (χ1n) is 3.84. The minimum Gasteiger partial charge on any atom is -0.373 e. The maximum atomic E-state index is 12.7. The topological polar surface area (TPSA) is 12.0 Å².